The Labute approximate surface area is 142 Å². The summed E-state index contributed by atoms with van der Waals surface area (Å²) in [6.45, 7) is 0.0824. The van der Waals surface area contributed by atoms with Crippen LogP contribution in [0.3, 0.4) is 0 Å². The standard InChI is InChI=1S/C16H13ClFN5O/c1-22(9-13-14(17)3-2-4-15(13)18)16(24)11-5-7-12(8-6-11)23-10-19-20-21-23/h2-8,10H,9H2,1H3. The van der Waals surface area contributed by atoms with E-state index in [1.165, 1.54) is 28.0 Å². The van der Waals surface area contributed by atoms with Crippen LogP contribution in [-0.2, 0) is 6.54 Å². The Morgan fingerprint density at radius 2 is 2.00 bits per heavy atom. The van der Waals surface area contributed by atoms with Crippen molar-refractivity contribution in [1.82, 2.24) is 25.1 Å². The van der Waals surface area contributed by atoms with E-state index < -0.39 is 5.82 Å². The quantitative estimate of drug-likeness (QED) is 0.729. The monoisotopic (exact) mass is 345 g/mol. The van der Waals surface area contributed by atoms with Crippen molar-refractivity contribution >= 4 is 17.5 Å². The molecule has 0 saturated heterocycles. The molecule has 0 bridgehead atoms. The van der Waals surface area contributed by atoms with Crippen LogP contribution in [-0.4, -0.2) is 38.1 Å². The first-order valence-electron chi connectivity index (χ1n) is 7.08. The molecular weight excluding hydrogens is 333 g/mol. The van der Waals surface area contributed by atoms with Crippen LogP contribution < -0.4 is 0 Å². The van der Waals surface area contributed by atoms with Gasteiger partial charge in [0.05, 0.1) is 5.69 Å². The van der Waals surface area contributed by atoms with E-state index in [0.717, 1.165) is 5.69 Å². The normalized spacial score (nSPS) is 10.6. The Balaban J connectivity index is 1.76. The number of hydrogen-bond acceptors (Lipinski definition) is 4. The second kappa shape index (κ2) is 6.76. The lowest BCUT2D eigenvalue weighted by Gasteiger charge is -2.18. The molecule has 0 aliphatic carbocycles. The molecular formula is C16H13ClFN5O. The van der Waals surface area contributed by atoms with Crippen molar-refractivity contribution in [2.24, 2.45) is 0 Å². The number of tetrazole rings is 1. The lowest BCUT2D eigenvalue weighted by atomic mass is 10.1. The number of carbonyl (C=O) groups excluding carboxylic acids is 1. The number of carbonyl (C=O) groups is 1. The summed E-state index contributed by atoms with van der Waals surface area (Å²) >= 11 is 6.00. The van der Waals surface area contributed by atoms with E-state index in [1.807, 2.05) is 0 Å². The van der Waals surface area contributed by atoms with Gasteiger partial charge in [-0.3, -0.25) is 4.79 Å². The summed E-state index contributed by atoms with van der Waals surface area (Å²) < 4.78 is 15.3. The van der Waals surface area contributed by atoms with E-state index in [0.29, 0.717) is 16.1 Å². The van der Waals surface area contributed by atoms with Crippen LogP contribution in [0.2, 0.25) is 5.02 Å². The third-order valence-corrected chi connectivity index (χ3v) is 3.89. The van der Waals surface area contributed by atoms with Gasteiger partial charge in [0.15, 0.2) is 0 Å². The molecule has 1 aromatic heterocycles. The van der Waals surface area contributed by atoms with Crippen molar-refractivity contribution in [2.45, 2.75) is 6.54 Å². The van der Waals surface area contributed by atoms with Gasteiger partial charge in [0.1, 0.15) is 12.1 Å². The van der Waals surface area contributed by atoms with E-state index in [4.69, 9.17) is 11.6 Å². The summed E-state index contributed by atoms with van der Waals surface area (Å²) in [6.07, 6.45) is 1.46. The Hall–Kier alpha value is -2.80. The molecule has 24 heavy (non-hydrogen) atoms. The lowest BCUT2D eigenvalue weighted by molar-refractivity contribution is 0.0784. The van der Waals surface area contributed by atoms with Gasteiger partial charge in [0.25, 0.3) is 5.91 Å². The van der Waals surface area contributed by atoms with Gasteiger partial charge in [-0.25, -0.2) is 9.07 Å². The van der Waals surface area contributed by atoms with Gasteiger partial charge < -0.3 is 4.90 Å². The molecule has 2 aromatic carbocycles. The molecule has 0 radical (unpaired) electrons. The summed E-state index contributed by atoms with van der Waals surface area (Å²) in [6, 6.07) is 11.2. The molecule has 0 spiro atoms. The first-order chi connectivity index (χ1) is 11.6. The van der Waals surface area contributed by atoms with Crippen molar-refractivity contribution in [1.29, 1.82) is 0 Å². The summed E-state index contributed by atoms with van der Waals surface area (Å²) in [7, 11) is 1.60. The zero-order chi connectivity index (χ0) is 17.1. The van der Waals surface area contributed by atoms with Gasteiger partial charge in [-0.1, -0.05) is 17.7 Å². The van der Waals surface area contributed by atoms with Crippen LogP contribution in [0, 0.1) is 5.82 Å². The molecule has 8 heteroatoms. The van der Waals surface area contributed by atoms with Crippen LogP contribution in [0.1, 0.15) is 15.9 Å². The van der Waals surface area contributed by atoms with Crippen molar-refractivity contribution in [3.63, 3.8) is 0 Å². The van der Waals surface area contributed by atoms with Crippen molar-refractivity contribution in [2.75, 3.05) is 7.05 Å². The highest BCUT2D eigenvalue weighted by Crippen LogP contribution is 2.21. The Kier molecular flexibility index (Phi) is 4.52. The van der Waals surface area contributed by atoms with Gasteiger partial charge in [0.2, 0.25) is 0 Å². The highest BCUT2D eigenvalue weighted by atomic mass is 35.5. The number of hydrogen-bond donors (Lipinski definition) is 0. The number of aromatic nitrogens is 4. The Bertz CT molecular complexity index is 831. The Morgan fingerprint density at radius 1 is 1.25 bits per heavy atom. The topological polar surface area (TPSA) is 63.9 Å². The first kappa shape index (κ1) is 16.1. The molecule has 0 N–H and O–H groups in total. The molecule has 0 fully saturated rings. The Morgan fingerprint density at radius 3 is 2.62 bits per heavy atom. The minimum atomic E-state index is -0.434. The fourth-order valence-corrected chi connectivity index (χ4v) is 2.47. The third kappa shape index (κ3) is 3.26. The van der Waals surface area contributed by atoms with Gasteiger partial charge in [0, 0.05) is 29.7 Å². The first-order valence-corrected chi connectivity index (χ1v) is 7.46. The van der Waals surface area contributed by atoms with Gasteiger partial charge >= 0.3 is 0 Å². The maximum atomic E-state index is 13.8. The average molecular weight is 346 g/mol. The van der Waals surface area contributed by atoms with E-state index in [-0.39, 0.29) is 12.5 Å². The lowest BCUT2D eigenvalue weighted by Crippen LogP contribution is -2.26. The molecule has 0 aliphatic rings. The molecule has 0 aliphatic heterocycles. The predicted molar refractivity (Wildman–Crippen MR) is 86.4 cm³/mol. The zero-order valence-corrected chi connectivity index (χ0v) is 13.5. The molecule has 1 heterocycles. The highest BCUT2D eigenvalue weighted by molar-refractivity contribution is 6.31. The third-order valence-electron chi connectivity index (χ3n) is 3.53. The predicted octanol–water partition coefficient (Wildman–Crippen LogP) is 2.73. The number of halogens is 2. The van der Waals surface area contributed by atoms with Crippen LogP contribution in [0.5, 0.6) is 0 Å². The van der Waals surface area contributed by atoms with E-state index >= 15 is 0 Å². The fraction of sp³-hybridized carbons (Fsp3) is 0.125. The van der Waals surface area contributed by atoms with Crippen LogP contribution in [0.4, 0.5) is 4.39 Å². The maximum Gasteiger partial charge on any atom is 0.253 e. The zero-order valence-electron chi connectivity index (χ0n) is 12.7. The van der Waals surface area contributed by atoms with Gasteiger partial charge in [-0.15, -0.1) is 5.10 Å². The second-order valence-electron chi connectivity index (χ2n) is 5.16. The molecule has 6 nitrogen and oxygen atoms in total. The van der Waals surface area contributed by atoms with Gasteiger partial charge in [-0.05, 0) is 46.8 Å². The SMILES string of the molecule is CN(Cc1c(F)cccc1Cl)C(=O)c1ccc(-n2cnnn2)cc1. The number of rotatable bonds is 4. The number of nitrogens with zero attached hydrogens (tertiary/aromatic N) is 5. The summed E-state index contributed by atoms with van der Waals surface area (Å²) in [5.74, 6) is -0.672. The number of benzene rings is 2. The minimum absolute atomic E-state index is 0.0824. The molecule has 3 rings (SSSR count). The fourth-order valence-electron chi connectivity index (χ4n) is 2.25. The number of amides is 1. The second-order valence-corrected chi connectivity index (χ2v) is 5.57. The van der Waals surface area contributed by atoms with Crippen LogP contribution >= 0.6 is 11.6 Å². The molecule has 0 unspecified atom stereocenters. The summed E-state index contributed by atoms with van der Waals surface area (Å²) in [5, 5.41) is 11.2. The minimum Gasteiger partial charge on any atom is -0.337 e. The summed E-state index contributed by atoms with van der Waals surface area (Å²) in [5.41, 5.74) is 1.50. The van der Waals surface area contributed by atoms with Crippen LogP contribution in [0.15, 0.2) is 48.8 Å². The molecule has 0 atom stereocenters. The largest absolute Gasteiger partial charge is 0.337 e. The smallest absolute Gasteiger partial charge is 0.253 e. The molecule has 1 amide bonds. The maximum absolute atomic E-state index is 13.8. The highest BCUT2D eigenvalue weighted by Gasteiger charge is 2.16. The van der Waals surface area contributed by atoms with Crippen molar-refractivity contribution < 1.29 is 9.18 Å². The average Bonchev–Trinajstić information content (AvgIpc) is 3.12. The molecule has 122 valence electrons. The van der Waals surface area contributed by atoms with Crippen molar-refractivity contribution in [3.05, 3.63) is 70.8 Å². The molecule has 3 aromatic rings. The van der Waals surface area contributed by atoms with E-state index in [9.17, 15) is 9.18 Å². The summed E-state index contributed by atoms with van der Waals surface area (Å²) in [4.78, 5) is 13.9. The molecule has 0 saturated carbocycles. The van der Waals surface area contributed by atoms with Crippen molar-refractivity contribution in [3.8, 4) is 5.69 Å². The van der Waals surface area contributed by atoms with Gasteiger partial charge in [-0.2, -0.15) is 0 Å². The van der Waals surface area contributed by atoms with E-state index in [1.54, 1.807) is 37.4 Å². The van der Waals surface area contributed by atoms with Crippen LogP contribution in [0.25, 0.3) is 5.69 Å². The van der Waals surface area contributed by atoms with E-state index in [2.05, 4.69) is 15.5 Å².